The van der Waals surface area contributed by atoms with E-state index in [9.17, 15) is 4.79 Å². The Morgan fingerprint density at radius 3 is 2.70 bits per heavy atom. The maximum atomic E-state index is 13.1. The van der Waals surface area contributed by atoms with E-state index in [4.69, 9.17) is 10.1 Å². The largest absolute Gasteiger partial charge is 0.298 e. The number of rotatable bonds is 3. The number of nitrogens with zero attached hydrogens (tertiary/aromatic N) is 3. The van der Waals surface area contributed by atoms with Gasteiger partial charge in [0, 0.05) is 11.0 Å². The molecule has 0 saturated carbocycles. The lowest BCUT2D eigenvalue weighted by Crippen LogP contribution is -2.50. The fourth-order valence-electron chi connectivity index (χ4n) is 3.38. The highest BCUT2D eigenvalue weighted by molar-refractivity contribution is 9.11. The van der Waals surface area contributed by atoms with Gasteiger partial charge < -0.3 is 0 Å². The number of carbonyl (C=O) groups is 1. The predicted molar refractivity (Wildman–Crippen MR) is 125 cm³/mol. The second kappa shape index (κ2) is 8.02. The van der Waals surface area contributed by atoms with Crippen LogP contribution in [0.3, 0.4) is 0 Å². The smallest absolute Gasteiger partial charge is 0.276 e. The van der Waals surface area contributed by atoms with E-state index in [1.54, 1.807) is 16.3 Å². The highest BCUT2D eigenvalue weighted by atomic mass is 79.9. The van der Waals surface area contributed by atoms with Gasteiger partial charge >= 0.3 is 0 Å². The number of amides is 1. The summed E-state index contributed by atoms with van der Waals surface area (Å²) in [6.07, 6.45) is -0.368. The summed E-state index contributed by atoms with van der Waals surface area (Å²) in [7, 11) is 0. The zero-order valence-corrected chi connectivity index (χ0v) is 19.2. The average molecular weight is 497 g/mol. The number of hydrogen-bond acceptors (Lipinski definition) is 6. The number of amidine groups is 1. The lowest BCUT2D eigenvalue weighted by atomic mass is 10.1. The Labute approximate surface area is 190 Å². The summed E-state index contributed by atoms with van der Waals surface area (Å²) in [4.78, 5) is 19.0. The molecule has 1 amide bonds. The number of thioether (sulfide) groups is 1. The van der Waals surface area contributed by atoms with E-state index in [2.05, 4.69) is 52.4 Å². The summed E-state index contributed by atoms with van der Waals surface area (Å²) in [6, 6.07) is 20.1. The number of carbonyl (C=O) groups excluding carboxylic acids is 1. The standard InChI is InChI=1S/C22H17BrN4OS2/c1-13-6-8-14(9-7-13)12-29-22-25-21(28)19-15-4-2-3-5-16(15)24-20(27(19)26-22)17-10-11-18(23)30-17/h2-11,20H,12H2,1H3,(H,25,26,28). The maximum Gasteiger partial charge on any atom is 0.276 e. The van der Waals surface area contributed by atoms with Crippen molar-refractivity contribution in [3.05, 3.63) is 91.0 Å². The lowest BCUT2D eigenvalue weighted by Gasteiger charge is -2.33. The molecule has 1 aromatic heterocycles. The molecule has 8 heteroatoms. The zero-order chi connectivity index (χ0) is 20.7. The molecule has 0 bridgehead atoms. The Bertz CT molecular complexity index is 1280. The molecule has 0 saturated heterocycles. The Morgan fingerprint density at radius 2 is 1.93 bits per heavy atom. The fourth-order valence-corrected chi connectivity index (χ4v) is 5.64. The van der Waals surface area contributed by atoms with E-state index in [0.29, 0.717) is 10.9 Å². The minimum atomic E-state index is -0.368. The van der Waals surface area contributed by atoms with Gasteiger partial charge in [0.15, 0.2) is 11.3 Å². The third kappa shape index (κ3) is 3.71. The quantitative estimate of drug-likeness (QED) is 0.598. The monoisotopic (exact) mass is 496 g/mol. The molecule has 150 valence electrons. The van der Waals surface area contributed by atoms with Crippen molar-refractivity contribution in [2.75, 3.05) is 0 Å². The van der Waals surface area contributed by atoms with Crippen LogP contribution in [0.1, 0.15) is 22.2 Å². The molecule has 5 rings (SSSR count). The zero-order valence-electron chi connectivity index (χ0n) is 16.0. The molecule has 1 atom stereocenters. The van der Waals surface area contributed by atoms with E-state index in [-0.39, 0.29) is 12.1 Å². The van der Waals surface area contributed by atoms with Crippen molar-refractivity contribution in [1.82, 2.24) is 10.3 Å². The van der Waals surface area contributed by atoms with Gasteiger partial charge in [-0.15, -0.1) is 16.4 Å². The molecule has 2 aliphatic rings. The van der Waals surface area contributed by atoms with Gasteiger partial charge in [-0.3, -0.25) is 15.1 Å². The number of benzene rings is 2. The number of fused-ring (bicyclic) bond motifs is 2. The van der Waals surface area contributed by atoms with E-state index in [1.807, 2.05) is 36.4 Å². The first-order valence-electron chi connectivity index (χ1n) is 9.38. The van der Waals surface area contributed by atoms with Gasteiger partial charge in [0.05, 0.1) is 14.0 Å². The Kier molecular flexibility index (Phi) is 5.22. The molecule has 0 radical (unpaired) electrons. The highest BCUT2D eigenvalue weighted by Crippen LogP contribution is 2.36. The minimum absolute atomic E-state index is 0.153. The second-order valence-corrected chi connectivity index (χ2v) is 10.4. The van der Waals surface area contributed by atoms with Gasteiger partial charge in [-0.2, -0.15) is 0 Å². The van der Waals surface area contributed by atoms with Crippen molar-refractivity contribution in [3.8, 4) is 0 Å². The fraction of sp³-hybridized carbons (Fsp3) is 0.136. The molecule has 0 fully saturated rings. The van der Waals surface area contributed by atoms with E-state index < -0.39 is 0 Å². The SMILES string of the molecule is Cc1ccc(CSC2=NN3C(=c4ccccc4=NC3c3ccc(Br)s3)C(=O)N2)cc1. The topological polar surface area (TPSA) is 57.1 Å². The van der Waals surface area contributed by atoms with Crippen LogP contribution in [-0.4, -0.2) is 16.1 Å². The van der Waals surface area contributed by atoms with E-state index in [1.165, 1.54) is 22.9 Å². The molecule has 5 nitrogen and oxygen atoms in total. The summed E-state index contributed by atoms with van der Waals surface area (Å²) >= 11 is 6.64. The van der Waals surface area contributed by atoms with Crippen LogP contribution >= 0.6 is 39.0 Å². The summed E-state index contributed by atoms with van der Waals surface area (Å²) in [5, 5.41) is 11.7. The van der Waals surface area contributed by atoms with Crippen LogP contribution in [0.15, 0.2) is 74.5 Å². The van der Waals surface area contributed by atoms with Crippen LogP contribution in [0.5, 0.6) is 0 Å². The lowest BCUT2D eigenvalue weighted by molar-refractivity contribution is -0.116. The van der Waals surface area contributed by atoms with Crippen LogP contribution in [0, 0.1) is 6.92 Å². The van der Waals surface area contributed by atoms with Gasteiger partial charge in [-0.05, 0) is 46.6 Å². The molecule has 3 aromatic rings. The number of thiophene rings is 1. The van der Waals surface area contributed by atoms with Crippen LogP contribution in [-0.2, 0) is 10.5 Å². The molecule has 0 aliphatic carbocycles. The number of aryl methyl sites for hydroxylation is 1. The van der Waals surface area contributed by atoms with Crippen molar-refractivity contribution in [2.45, 2.75) is 18.8 Å². The minimum Gasteiger partial charge on any atom is -0.298 e. The van der Waals surface area contributed by atoms with Gasteiger partial charge in [-0.25, -0.2) is 5.01 Å². The number of halogens is 1. The number of nitrogens with one attached hydrogen (secondary N) is 1. The maximum absolute atomic E-state index is 13.1. The van der Waals surface area contributed by atoms with Crippen molar-refractivity contribution in [1.29, 1.82) is 0 Å². The first-order valence-corrected chi connectivity index (χ1v) is 12.0. The van der Waals surface area contributed by atoms with Crippen LogP contribution in [0.4, 0.5) is 0 Å². The number of hydrazone groups is 1. The van der Waals surface area contributed by atoms with Crippen molar-refractivity contribution in [3.63, 3.8) is 0 Å². The second-order valence-electron chi connectivity index (χ2n) is 6.99. The molecule has 1 unspecified atom stereocenters. The normalized spacial score (nSPS) is 17.6. The van der Waals surface area contributed by atoms with Crippen LogP contribution < -0.4 is 15.9 Å². The van der Waals surface area contributed by atoms with Crippen LogP contribution in [0.25, 0.3) is 5.70 Å². The molecule has 3 heterocycles. The Hall–Kier alpha value is -2.42. The molecule has 2 aromatic carbocycles. The van der Waals surface area contributed by atoms with Gasteiger partial charge in [0.2, 0.25) is 0 Å². The predicted octanol–water partition coefficient (Wildman–Crippen LogP) is 3.90. The van der Waals surface area contributed by atoms with Crippen molar-refractivity contribution in [2.24, 2.45) is 10.1 Å². The summed E-state index contributed by atoms with van der Waals surface area (Å²) in [6.45, 7) is 2.07. The summed E-state index contributed by atoms with van der Waals surface area (Å²) in [5.74, 6) is 0.574. The summed E-state index contributed by atoms with van der Waals surface area (Å²) in [5.41, 5.74) is 2.95. The molecule has 1 N–H and O–H groups in total. The molecule has 2 aliphatic heterocycles. The van der Waals surface area contributed by atoms with Crippen molar-refractivity contribution >= 4 is 55.8 Å². The Balaban J connectivity index is 1.54. The third-order valence-corrected chi connectivity index (χ3v) is 7.46. The highest BCUT2D eigenvalue weighted by Gasteiger charge is 2.35. The molecular weight excluding hydrogens is 480 g/mol. The summed E-state index contributed by atoms with van der Waals surface area (Å²) < 4.78 is 1.02. The number of para-hydroxylation sites is 1. The van der Waals surface area contributed by atoms with Gasteiger partial charge in [0.1, 0.15) is 5.70 Å². The Morgan fingerprint density at radius 1 is 1.13 bits per heavy atom. The third-order valence-electron chi connectivity index (χ3n) is 4.86. The molecule has 0 spiro atoms. The van der Waals surface area contributed by atoms with Crippen LogP contribution in [0.2, 0.25) is 0 Å². The van der Waals surface area contributed by atoms with Gasteiger partial charge in [0.25, 0.3) is 5.91 Å². The molecule has 30 heavy (non-hydrogen) atoms. The van der Waals surface area contributed by atoms with E-state index >= 15 is 0 Å². The first-order chi connectivity index (χ1) is 14.6. The van der Waals surface area contributed by atoms with Crippen molar-refractivity contribution < 1.29 is 4.79 Å². The molecular formula is C22H17BrN4OS2. The first kappa shape index (κ1) is 19.5. The van der Waals surface area contributed by atoms with Gasteiger partial charge in [-0.1, -0.05) is 59.8 Å². The van der Waals surface area contributed by atoms with E-state index in [0.717, 1.165) is 25.0 Å². The number of hydrogen-bond donors (Lipinski definition) is 1. The average Bonchev–Trinajstić information content (AvgIpc) is 3.18.